The molecule has 2 N–H and O–H groups in total. The van der Waals surface area contributed by atoms with E-state index in [1.807, 2.05) is 0 Å². The van der Waals surface area contributed by atoms with Crippen molar-refractivity contribution in [3.63, 3.8) is 0 Å². The molecule has 0 bridgehead atoms. The van der Waals surface area contributed by atoms with E-state index in [1.165, 1.54) is 4.68 Å². The lowest BCUT2D eigenvalue weighted by atomic mass is 9.82. The van der Waals surface area contributed by atoms with Gasteiger partial charge in [0.1, 0.15) is 0 Å². The predicted octanol–water partition coefficient (Wildman–Crippen LogP) is 0.718. The van der Waals surface area contributed by atoms with E-state index in [9.17, 15) is 9.59 Å². The largest absolute Gasteiger partial charge is 0.481 e. The molecule has 1 aliphatic rings. The highest BCUT2D eigenvalue weighted by Gasteiger charge is 2.30. The van der Waals surface area contributed by atoms with Crippen LogP contribution in [0.5, 0.6) is 0 Å². The second kappa shape index (κ2) is 4.52. The topological polar surface area (TPSA) is 105 Å². The third kappa shape index (κ3) is 2.27. The van der Waals surface area contributed by atoms with Gasteiger partial charge in [-0.05, 0) is 12.8 Å². The van der Waals surface area contributed by atoms with Crippen molar-refractivity contribution in [1.82, 2.24) is 15.0 Å². The van der Waals surface area contributed by atoms with E-state index in [-0.39, 0.29) is 24.6 Å². The average Bonchev–Trinajstić information content (AvgIpc) is 2.56. The Morgan fingerprint density at radius 2 is 2.06 bits per heavy atom. The van der Waals surface area contributed by atoms with Crippen molar-refractivity contribution < 1.29 is 19.8 Å². The van der Waals surface area contributed by atoms with Crippen LogP contribution < -0.4 is 0 Å². The lowest BCUT2D eigenvalue weighted by Crippen LogP contribution is -2.19. The van der Waals surface area contributed by atoms with Gasteiger partial charge in [-0.2, -0.15) is 0 Å². The maximum atomic E-state index is 11.0. The Kier molecular flexibility index (Phi) is 3.08. The number of rotatable bonds is 5. The molecule has 1 heterocycles. The standard InChI is InChI=1S/C10H13N3O4/c14-7(15)4-5-13-9(6-2-1-3-6)8(10(16)17)11-12-13/h6H,1-5H2,(H,14,15)(H,16,17). The van der Waals surface area contributed by atoms with Gasteiger partial charge in [-0.15, -0.1) is 5.10 Å². The van der Waals surface area contributed by atoms with E-state index in [1.54, 1.807) is 0 Å². The number of hydrogen-bond donors (Lipinski definition) is 2. The molecule has 0 atom stereocenters. The lowest BCUT2D eigenvalue weighted by molar-refractivity contribution is -0.137. The highest BCUT2D eigenvalue weighted by atomic mass is 16.4. The molecule has 1 fully saturated rings. The molecule has 0 aromatic carbocycles. The summed E-state index contributed by atoms with van der Waals surface area (Å²) in [5.41, 5.74) is 0.532. The number of aromatic nitrogens is 3. The fraction of sp³-hybridized carbons (Fsp3) is 0.600. The smallest absolute Gasteiger partial charge is 0.358 e. The Morgan fingerprint density at radius 1 is 1.35 bits per heavy atom. The molecule has 1 aliphatic carbocycles. The van der Waals surface area contributed by atoms with Crippen LogP contribution in [0.15, 0.2) is 0 Å². The van der Waals surface area contributed by atoms with Crippen LogP contribution >= 0.6 is 0 Å². The Labute approximate surface area is 97.1 Å². The number of aliphatic carboxylic acids is 1. The second-order valence-electron chi connectivity index (χ2n) is 4.12. The minimum atomic E-state index is -1.10. The molecular formula is C10H13N3O4. The van der Waals surface area contributed by atoms with Gasteiger partial charge in [-0.1, -0.05) is 11.6 Å². The third-order valence-corrected chi connectivity index (χ3v) is 3.01. The van der Waals surface area contributed by atoms with Crippen LogP contribution in [0.3, 0.4) is 0 Å². The SMILES string of the molecule is O=C(O)CCn1nnc(C(=O)O)c1C1CCC1. The summed E-state index contributed by atoms with van der Waals surface area (Å²) in [5.74, 6) is -1.88. The Morgan fingerprint density at radius 3 is 2.53 bits per heavy atom. The summed E-state index contributed by atoms with van der Waals surface area (Å²) >= 11 is 0. The molecule has 7 nitrogen and oxygen atoms in total. The first-order valence-corrected chi connectivity index (χ1v) is 5.48. The van der Waals surface area contributed by atoms with E-state index >= 15 is 0 Å². The molecule has 17 heavy (non-hydrogen) atoms. The molecule has 0 aliphatic heterocycles. The summed E-state index contributed by atoms with van der Waals surface area (Å²) in [7, 11) is 0. The summed E-state index contributed by atoms with van der Waals surface area (Å²) < 4.78 is 1.42. The van der Waals surface area contributed by atoms with Crippen LogP contribution in [0, 0.1) is 0 Å². The van der Waals surface area contributed by atoms with Crippen molar-refractivity contribution in [1.29, 1.82) is 0 Å². The van der Waals surface area contributed by atoms with Gasteiger partial charge in [-0.3, -0.25) is 4.79 Å². The Hall–Kier alpha value is -1.92. The van der Waals surface area contributed by atoms with Crippen LogP contribution in [0.25, 0.3) is 0 Å². The summed E-state index contributed by atoms with van der Waals surface area (Å²) in [6, 6.07) is 0. The summed E-state index contributed by atoms with van der Waals surface area (Å²) in [4.78, 5) is 21.5. The molecule has 1 aromatic rings. The highest BCUT2D eigenvalue weighted by molar-refractivity contribution is 5.86. The van der Waals surface area contributed by atoms with Gasteiger partial charge < -0.3 is 10.2 Å². The van der Waals surface area contributed by atoms with Crippen LogP contribution in [0.1, 0.15) is 47.8 Å². The van der Waals surface area contributed by atoms with E-state index < -0.39 is 11.9 Å². The van der Waals surface area contributed by atoms with Crippen molar-refractivity contribution in [2.75, 3.05) is 0 Å². The van der Waals surface area contributed by atoms with Crippen LogP contribution in [-0.2, 0) is 11.3 Å². The zero-order valence-corrected chi connectivity index (χ0v) is 9.17. The second-order valence-corrected chi connectivity index (χ2v) is 4.12. The molecule has 92 valence electrons. The van der Waals surface area contributed by atoms with E-state index in [0.29, 0.717) is 5.69 Å². The van der Waals surface area contributed by atoms with Crippen molar-refractivity contribution in [2.45, 2.75) is 38.1 Å². The lowest BCUT2D eigenvalue weighted by Gasteiger charge is -2.25. The maximum Gasteiger partial charge on any atom is 0.358 e. The van der Waals surface area contributed by atoms with Crippen LogP contribution in [-0.4, -0.2) is 37.1 Å². The molecule has 0 unspecified atom stereocenters. The van der Waals surface area contributed by atoms with Crippen LogP contribution in [0.4, 0.5) is 0 Å². The van der Waals surface area contributed by atoms with Crippen molar-refractivity contribution in [3.8, 4) is 0 Å². The monoisotopic (exact) mass is 239 g/mol. The fourth-order valence-electron chi connectivity index (χ4n) is 1.93. The zero-order valence-electron chi connectivity index (χ0n) is 9.17. The number of nitrogens with zero attached hydrogens (tertiary/aromatic N) is 3. The molecule has 0 saturated heterocycles. The maximum absolute atomic E-state index is 11.0. The molecule has 1 saturated carbocycles. The van der Waals surface area contributed by atoms with Crippen molar-refractivity contribution >= 4 is 11.9 Å². The van der Waals surface area contributed by atoms with Gasteiger partial charge >= 0.3 is 11.9 Å². The van der Waals surface area contributed by atoms with Gasteiger partial charge in [0.05, 0.1) is 18.7 Å². The number of carboxylic acid groups (broad SMARTS) is 2. The number of carbonyl (C=O) groups is 2. The average molecular weight is 239 g/mol. The van der Waals surface area contributed by atoms with Gasteiger partial charge in [0.25, 0.3) is 0 Å². The minimum absolute atomic E-state index is 0.0416. The third-order valence-electron chi connectivity index (χ3n) is 3.01. The van der Waals surface area contributed by atoms with Crippen molar-refractivity contribution in [2.24, 2.45) is 0 Å². The normalized spacial score (nSPS) is 15.5. The molecule has 1 aromatic heterocycles. The quantitative estimate of drug-likeness (QED) is 0.784. The van der Waals surface area contributed by atoms with Crippen molar-refractivity contribution in [3.05, 3.63) is 11.4 Å². The molecule has 0 radical (unpaired) electrons. The van der Waals surface area contributed by atoms with Gasteiger partial charge in [0, 0.05) is 5.92 Å². The molecule has 7 heteroatoms. The molecule has 2 rings (SSSR count). The summed E-state index contributed by atoms with van der Waals surface area (Å²) in [5, 5.41) is 25.0. The van der Waals surface area contributed by atoms with Gasteiger partial charge in [0.2, 0.25) is 0 Å². The Bertz CT molecular complexity index is 450. The number of aromatic carboxylic acids is 1. The summed E-state index contributed by atoms with van der Waals surface area (Å²) in [6.07, 6.45) is 2.82. The van der Waals surface area contributed by atoms with E-state index in [4.69, 9.17) is 10.2 Å². The van der Waals surface area contributed by atoms with E-state index in [0.717, 1.165) is 19.3 Å². The fourth-order valence-corrected chi connectivity index (χ4v) is 1.93. The molecule has 0 spiro atoms. The van der Waals surface area contributed by atoms with Crippen LogP contribution in [0.2, 0.25) is 0 Å². The first-order chi connectivity index (χ1) is 8.09. The Balaban J connectivity index is 2.24. The predicted molar refractivity (Wildman–Crippen MR) is 55.8 cm³/mol. The first kappa shape index (κ1) is 11.6. The zero-order chi connectivity index (χ0) is 12.4. The number of aryl methyl sites for hydroxylation is 1. The van der Waals surface area contributed by atoms with Gasteiger partial charge in [-0.25, -0.2) is 9.48 Å². The number of carboxylic acids is 2. The van der Waals surface area contributed by atoms with Gasteiger partial charge in [0.15, 0.2) is 5.69 Å². The minimum Gasteiger partial charge on any atom is -0.481 e. The molecule has 0 amide bonds. The highest BCUT2D eigenvalue weighted by Crippen LogP contribution is 2.37. The number of hydrogen-bond acceptors (Lipinski definition) is 4. The van der Waals surface area contributed by atoms with E-state index in [2.05, 4.69) is 10.3 Å². The first-order valence-electron chi connectivity index (χ1n) is 5.48. The summed E-state index contributed by atoms with van der Waals surface area (Å²) in [6.45, 7) is 0.168. The molecular weight excluding hydrogens is 226 g/mol.